The first-order valence-corrected chi connectivity index (χ1v) is 9.50. The van der Waals surface area contributed by atoms with E-state index in [9.17, 15) is 0 Å². The van der Waals surface area contributed by atoms with Crippen LogP contribution in [0.25, 0.3) is 0 Å². The van der Waals surface area contributed by atoms with Crippen LogP contribution in [0.5, 0.6) is 0 Å². The molecule has 118 valence electrons. The molecule has 2 aliphatic rings. The van der Waals surface area contributed by atoms with Crippen LogP contribution in [-0.2, 0) is 13.0 Å². The van der Waals surface area contributed by atoms with E-state index in [4.69, 9.17) is 0 Å². The van der Waals surface area contributed by atoms with Crippen LogP contribution in [0.4, 0.5) is 0 Å². The number of hydrogen-bond acceptors (Lipinski definition) is 3. The zero-order valence-electron chi connectivity index (χ0n) is 13.8. The lowest BCUT2D eigenvalue weighted by Gasteiger charge is -2.41. The zero-order chi connectivity index (χ0) is 14.8. The smallest absolute Gasteiger partial charge is 0.0245 e. The van der Waals surface area contributed by atoms with Gasteiger partial charge < -0.3 is 5.32 Å². The van der Waals surface area contributed by atoms with E-state index in [0.717, 1.165) is 23.8 Å². The van der Waals surface area contributed by atoms with Gasteiger partial charge in [0.15, 0.2) is 0 Å². The Balaban J connectivity index is 1.62. The summed E-state index contributed by atoms with van der Waals surface area (Å²) in [5.41, 5.74) is 1.59. The van der Waals surface area contributed by atoms with Gasteiger partial charge in [-0.2, -0.15) is 0 Å². The summed E-state index contributed by atoms with van der Waals surface area (Å²) in [7, 11) is 2.15. The minimum atomic E-state index is 0.726. The fourth-order valence-corrected chi connectivity index (χ4v) is 5.17. The van der Waals surface area contributed by atoms with Crippen molar-refractivity contribution in [2.75, 3.05) is 20.1 Å². The SMILES string of the molecule is CNC1CCC(C(C)C)CC1CN1CCc2sccc2C1. The van der Waals surface area contributed by atoms with E-state index < -0.39 is 0 Å². The van der Waals surface area contributed by atoms with Crippen molar-refractivity contribution in [1.29, 1.82) is 0 Å². The molecule has 1 fully saturated rings. The molecule has 1 N–H and O–H groups in total. The van der Waals surface area contributed by atoms with Crippen LogP contribution in [0.3, 0.4) is 0 Å². The summed E-state index contributed by atoms with van der Waals surface area (Å²) in [5, 5.41) is 5.86. The van der Waals surface area contributed by atoms with Gasteiger partial charge in [0.25, 0.3) is 0 Å². The third-order valence-electron chi connectivity index (χ3n) is 5.72. The van der Waals surface area contributed by atoms with E-state index in [1.807, 2.05) is 11.3 Å². The summed E-state index contributed by atoms with van der Waals surface area (Å²) in [4.78, 5) is 4.33. The summed E-state index contributed by atoms with van der Waals surface area (Å²) >= 11 is 1.94. The van der Waals surface area contributed by atoms with Crippen molar-refractivity contribution in [3.05, 3.63) is 21.9 Å². The molecule has 1 saturated carbocycles. The molecule has 21 heavy (non-hydrogen) atoms. The van der Waals surface area contributed by atoms with Gasteiger partial charge in [0.2, 0.25) is 0 Å². The fourth-order valence-electron chi connectivity index (χ4n) is 4.28. The number of rotatable bonds is 4. The minimum absolute atomic E-state index is 0.726. The Morgan fingerprint density at radius 1 is 1.38 bits per heavy atom. The van der Waals surface area contributed by atoms with Crippen LogP contribution in [0.1, 0.15) is 43.6 Å². The van der Waals surface area contributed by atoms with Crippen molar-refractivity contribution >= 4 is 11.3 Å². The summed E-state index contributed by atoms with van der Waals surface area (Å²) in [6, 6.07) is 3.06. The maximum Gasteiger partial charge on any atom is 0.0245 e. The first-order valence-electron chi connectivity index (χ1n) is 8.62. The maximum absolute atomic E-state index is 3.59. The molecule has 0 radical (unpaired) electrons. The normalized spacial score (nSPS) is 30.6. The largest absolute Gasteiger partial charge is 0.317 e. The van der Waals surface area contributed by atoms with Crippen molar-refractivity contribution in [3.8, 4) is 0 Å². The van der Waals surface area contributed by atoms with Crippen LogP contribution >= 0.6 is 11.3 Å². The summed E-state index contributed by atoms with van der Waals surface area (Å²) < 4.78 is 0. The van der Waals surface area contributed by atoms with Gasteiger partial charge in [0.1, 0.15) is 0 Å². The number of nitrogens with zero attached hydrogens (tertiary/aromatic N) is 1. The Labute approximate surface area is 133 Å². The van der Waals surface area contributed by atoms with Crippen molar-refractivity contribution in [2.24, 2.45) is 17.8 Å². The minimum Gasteiger partial charge on any atom is -0.317 e. The van der Waals surface area contributed by atoms with Gasteiger partial charge >= 0.3 is 0 Å². The predicted molar refractivity (Wildman–Crippen MR) is 91.8 cm³/mol. The highest BCUT2D eigenvalue weighted by Crippen LogP contribution is 2.35. The first kappa shape index (κ1) is 15.5. The van der Waals surface area contributed by atoms with Crippen molar-refractivity contribution < 1.29 is 0 Å². The predicted octanol–water partition coefficient (Wildman–Crippen LogP) is 3.77. The monoisotopic (exact) mass is 306 g/mol. The second-order valence-electron chi connectivity index (χ2n) is 7.33. The number of hydrogen-bond donors (Lipinski definition) is 1. The van der Waals surface area contributed by atoms with Gasteiger partial charge in [0.05, 0.1) is 0 Å². The number of fused-ring (bicyclic) bond motifs is 1. The topological polar surface area (TPSA) is 15.3 Å². The lowest BCUT2D eigenvalue weighted by Crippen LogP contribution is -2.46. The van der Waals surface area contributed by atoms with E-state index in [2.05, 4.69) is 42.6 Å². The van der Waals surface area contributed by atoms with Crippen LogP contribution < -0.4 is 5.32 Å². The molecular weight excluding hydrogens is 276 g/mol. The Morgan fingerprint density at radius 3 is 3.00 bits per heavy atom. The molecule has 2 nitrogen and oxygen atoms in total. The maximum atomic E-state index is 3.59. The van der Waals surface area contributed by atoms with Gasteiger partial charge in [0, 0.05) is 30.6 Å². The summed E-state index contributed by atoms with van der Waals surface area (Å²) in [6.45, 7) is 8.52. The Bertz CT molecular complexity index is 454. The summed E-state index contributed by atoms with van der Waals surface area (Å²) in [6.07, 6.45) is 5.45. The molecule has 0 amide bonds. The average Bonchev–Trinajstić information content (AvgIpc) is 2.94. The second-order valence-corrected chi connectivity index (χ2v) is 8.33. The molecule has 3 atom stereocenters. The van der Waals surface area contributed by atoms with Gasteiger partial charge in [-0.3, -0.25) is 4.90 Å². The van der Waals surface area contributed by atoms with Crippen LogP contribution in [-0.4, -0.2) is 31.1 Å². The molecule has 1 aromatic heterocycles. The molecule has 0 aromatic carbocycles. The second kappa shape index (κ2) is 6.80. The molecule has 0 saturated heterocycles. The van der Waals surface area contributed by atoms with E-state index in [1.165, 1.54) is 45.3 Å². The molecule has 3 rings (SSSR count). The van der Waals surface area contributed by atoms with Crippen molar-refractivity contribution in [3.63, 3.8) is 0 Å². The molecule has 1 aromatic rings. The first-order chi connectivity index (χ1) is 10.2. The zero-order valence-corrected chi connectivity index (χ0v) is 14.6. The average molecular weight is 307 g/mol. The molecule has 0 spiro atoms. The molecule has 0 bridgehead atoms. The van der Waals surface area contributed by atoms with Gasteiger partial charge in [-0.15, -0.1) is 11.3 Å². The molecule has 2 heterocycles. The molecule has 1 aliphatic heterocycles. The van der Waals surface area contributed by atoms with Crippen molar-refractivity contribution in [2.45, 2.75) is 52.1 Å². The van der Waals surface area contributed by atoms with Gasteiger partial charge in [-0.25, -0.2) is 0 Å². The summed E-state index contributed by atoms with van der Waals surface area (Å²) in [5.74, 6) is 2.60. The van der Waals surface area contributed by atoms with E-state index in [-0.39, 0.29) is 0 Å². The Hall–Kier alpha value is -0.380. The van der Waals surface area contributed by atoms with Crippen LogP contribution in [0, 0.1) is 17.8 Å². The lowest BCUT2D eigenvalue weighted by molar-refractivity contribution is 0.118. The van der Waals surface area contributed by atoms with Gasteiger partial charge in [-0.05, 0) is 67.5 Å². The fraction of sp³-hybridized carbons (Fsp3) is 0.778. The number of thiophene rings is 1. The van der Waals surface area contributed by atoms with Crippen LogP contribution in [0.2, 0.25) is 0 Å². The van der Waals surface area contributed by atoms with Crippen molar-refractivity contribution in [1.82, 2.24) is 10.2 Å². The Kier molecular flexibility index (Phi) is 5.03. The molecular formula is C18H30N2S. The van der Waals surface area contributed by atoms with E-state index in [0.29, 0.717) is 0 Å². The molecule has 3 heteroatoms. The standard InChI is InChI=1S/C18H30N2S/c1-13(2)14-4-5-17(19-3)16(10-14)12-20-8-6-18-15(11-20)7-9-21-18/h7,9,13-14,16-17,19H,4-6,8,10-12H2,1-3H3. The van der Waals surface area contributed by atoms with E-state index >= 15 is 0 Å². The highest BCUT2D eigenvalue weighted by molar-refractivity contribution is 7.10. The lowest BCUT2D eigenvalue weighted by atomic mass is 9.73. The van der Waals surface area contributed by atoms with Crippen LogP contribution in [0.15, 0.2) is 11.4 Å². The van der Waals surface area contributed by atoms with Gasteiger partial charge in [-0.1, -0.05) is 13.8 Å². The number of nitrogens with one attached hydrogen (secondary N) is 1. The highest BCUT2D eigenvalue weighted by atomic mass is 32.1. The molecule has 1 aliphatic carbocycles. The van der Waals surface area contributed by atoms with E-state index in [1.54, 1.807) is 10.4 Å². The third-order valence-corrected chi connectivity index (χ3v) is 6.74. The molecule has 3 unspecified atom stereocenters. The third kappa shape index (κ3) is 3.52. The Morgan fingerprint density at radius 2 is 2.24 bits per heavy atom. The highest BCUT2D eigenvalue weighted by Gasteiger charge is 2.32. The quantitative estimate of drug-likeness (QED) is 0.911.